The van der Waals surface area contributed by atoms with Gasteiger partial charge in [-0.1, -0.05) is 32.6 Å². The summed E-state index contributed by atoms with van der Waals surface area (Å²) in [7, 11) is 0.525. The van der Waals surface area contributed by atoms with Gasteiger partial charge in [0.25, 0.3) is 14.1 Å². The molecule has 4 N–H and O–H groups in total. The number of aromatic nitrogens is 1. The fraction of sp³-hybridized carbons (Fsp3) is 0.800. The summed E-state index contributed by atoms with van der Waals surface area (Å²) < 4.78 is 23.1. The molecule has 0 spiro atoms. The van der Waals surface area contributed by atoms with Crippen molar-refractivity contribution in [2.24, 2.45) is 0 Å². The van der Waals surface area contributed by atoms with Gasteiger partial charge in [0.2, 0.25) is 11.8 Å². The quantitative estimate of drug-likeness (QED) is 0.0471. The molecule has 0 radical (unpaired) electrons. The molecule has 1 aliphatic rings. The number of nitrogens with one attached hydrogen (secondary N) is 4. The van der Waals surface area contributed by atoms with Crippen molar-refractivity contribution in [3.63, 3.8) is 0 Å². The van der Waals surface area contributed by atoms with E-state index < -0.39 is 14.8 Å². The smallest absolute Gasteiger partial charge is 0.259 e. The number of nitriles is 1. The predicted molar refractivity (Wildman–Crippen MR) is 218 cm³/mol. The number of carbonyl (C=O) groups is 2. The zero-order valence-electron chi connectivity index (χ0n) is 34.4. The van der Waals surface area contributed by atoms with Crippen LogP contribution in [0.15, 0.2) is 17.1 Å². The van der Waals surface area contributed by atoms with Crippen LogP contribution in [0.2, 0.25) is 0 Å². The molecule has 4 atom stereocenters. The number of amides is 2. The Morgan fingerprint density at radius 3 is 2.13 bits per heavy atom. The largest absolute Gasteiger partial charge is 0.385 e. The second-order valence-corrected chi connectivity index (χ2v) is 16.3. The summed E-state index contributed by atoms with van der Waals surface area (Å²) in [5, 5.41) is 21.6. The molecule has 1 fully saturated rings. The Labute approximate surface area is 327 Å². The fourth-order valence-electron chi connectivity index (χ4n) is 6.63. The van der Waals surface area contributed by atoms with Gasteiger partial charge in [0, 0.05) is 68.9 Å². The van der Waals surface area contributed by atoms with Crippen molar-refractivity contribution in [2.45, 2.75) is 168 Å². The molecule has 4 unspecified atom stereocenters. The minimum atomic E-state index is -1.41. The minimum Gasteiger partial charge on any atom is -0.385 e. The van der Waals surface area contributed by atoms with Crippen molar-refractivity contribution >= 4 is 26.0 Å². The van der Waals surface area contributed by atoms with Gasteiger partial charge in [-0.2, -0.15) is 5.26 Å². The van der Waals surface area contributed by atoms with Crippen LogP contribution in [0.3, 0.4) is 0 Å². The highest BCUT2D eigenvalue weighted by Crippen LogP contribution is 2.50. The van der Waals surface area contributed by atoms with E-state index >= 15 is 0 Å². The van der Waals surface area contributed by atoms with Gasteiger partial charge in [-0.05, 0) is 98.7 Å². The minimum absolute atomic E-state index is 0.0806. The second kappa shape index (κ2) is 27.9. The molecule has 2 amide bonds. The fourth-order valence-corrected chi connectivity index (χ4v) is 8.39. The highest BCUT2D eigenvalue weighted by Gasteiger charge is 2.40. The average Bonchev–Trinajstić information content (AvgIpc) is 3.53. The number of anilines is 1. The number of hydrogen-bond acceptors (Lipinski definition) is 10. The van der Waals surface area contributed by atoms with Crippen LogP contribution in [0.4, 0.5) is 5.69 Å². The van der Waals surface area contributed by atoms with Crippen molar-refractivity contribution in [1.82, 2.24) is 25.2 Å². The number of hydrogen-bond donors (Lipinski definition) is 4. The zero-order chi connectivity index (χ0) is 39.7. The molecular weight excluding hydrogens is 705 g/mol. The topological polar surface area (TPSA) is 159 Å². The Bertz CT molecular complexity index is 1300. The van der Waals surface area contributed by atoms with Crippen molar-refractivity contribution in [3.05, 3.63) is 28.2 Å². The standard InChI is InChI=1S/C40H72N7O6P/c1-8-35-36(53-54(51-27-19-22-41)47(31(2)3)32(4)5)29-40(52-35)46-30-33(6)34(28-39(46)50)43-24-16-10-9-11-17-25-44-38(49)21-14-18-26-45-37(48)20-13-12-15-23-42-7/h28,30-32,35-36,40,42-43H,8-21,23-27,29H2,1-7H3,(H,44,49)(H,45,48). The highest BCUT2D eigenvalue weighted by atomic mass is 31.2. The van der Waals surface area contributed by atoms with Crippen molar-refractivity contribution < 1.29 is 23.4 Å². The summed E-state index contributed by atoms with van der Waals surface area (Å²) in [6.45, 7) is 15.9. The van der Waals surface area contributed by atoms with Gasteiger partial charge >= 0.3 is 0 Å². The number of carbonyl (C=O) groups excluding carboxylic acids is 2. The Kier molecular flexibility index (Phi) is 24.6. The van der Waals surface area contributed by atoms with E-state index in [0.717, 1.165) is 95.0 Å². The zero-order valence-corrected chi connectivity index (χ0v) is 35.3. The summed E-state index contributed by atoms with van der Waals surface area (Å²) in [5.74, 6) is 0.184. The molecule has 0 saturated carbocycles. The summed E-state index contributed by atoms with van der Waals surface area (Å²) in [5.41, 5.74) is 1.71. The van der Waals surface area contributed by atoms with E-state index in [2.05, 4.69) is 66.6 Å². The summed E-state index contributed by atoms with van der Waals surface area (Å²) in [4.78, 5) is 37.3. The van der Waals surface area contributed by atoms with Crippen molar-refractivity contribution in [2.75, 3.05) is 45.2 Å². The highest BCUT2D eigenvalue weighted by molar-refractivity contribution is 7.44. The van der Waals surface area contributed by atoms with Gasteiger partial charge in [-0.15, -0.1) is 0 Å². The number of rotatable bonds is 30. The molecule has 0 aliphatic carbocycles. The molecule has 1 aromatic rings. The van der Waals surface area contributed by atoms with Crippen LogP contribution >= 0.6 is 8.53 Å². The van der Waals surface area contributed by atoms with E-state index in [0.29, 0.717) is 45.4 Å². The third kappa shape index (κ3) is 18.4. The maximum Gasteiger partial charge on any atom is 0.259 e. The Morgan fingerprint density at radius 2 is 1.52 bits per heavy atom. The molecule has 54 heavy (non-hydrogen) atoms. The lowest BCUT2D eigenvalue weighted by Gasteiger charge is -2.37. The van der Waals surface area contributed by atoms with E-state index in [1.165, 1.54) is 0 Å². The van der Waals surface area contributed by atoms with Gasteiger partial charge < -0.3 is 35.1 Å². The first-order valence-electron chi connectivity index (χ1n) is 20.6. The number of pyridine rings is 1. The first-order chi connectivity index (χ1) is 26.0. The van der Waals surface area contributed by atoms with Crippen LogP contribution < -0.4 is 26.8 Å². The SMILES string of the molecule is CCC1OC(n2cc(C)c(NCCCCCCCNC(=O)CCCCNC(=O)CCCCCNC)cc2=O)CC1OP(OCCC#N)N(C(C)C)C(C)C. The van der Waals surface area contributed by atoms with Crippen LogP contribution in [0.1, 0.15) is 143 Å². The normalized spacial score (nSPS) is 17.6. The van der Waals surface area contributed by atoms with Crippen LogP contribution in [0.5, 0.6) is 0 Å². The molecule has 0 aromatic carbocycles. The van der Waals surface area contributed by atoms with Gasteiger partial charge in [0.15, 0.2) is 0 Å². The maximum atomic E-state index is 13.3. The van der Waals surface area contributed by atoms with Crippen molar-refractivity contribution in [1.29, 1.82) is 5.26 Å². The summed E-state index contributed by atoms with van der Waals surface area (Å²) >= 11 is 0. The number of aryl methyl sites for hydroxylation is 1. The van der Waals surface area contributed by atoms with E-state index in [1.807, 2.05) is 20.2 Å². The molecule has 14 heteroatoms. The van der Waals surface area contributed by atoms with E-state index in [4.69, 9.17) is 19.0 Å². The van der Waals surface area contributed by atoms with Gasteiger partial charge in [-0.3, -0.25) is 19.0 Å². The molecule has 308 valence electrons. The predicted octanol–water partition coefficient (Wildman–Crippen LogP) is 7.06. The Balaban J connectivity index is 1.67. The number of nitrogens with zero attached hydrogens (tertiary/aromatic N) is 3. The van der Waals surface area contributed by atoms with Crippen LogP contribution in [-0.4, -0.2) is 85.2 Å². The first-order valence-corrected chi connectivity index (χ1v) is 21.7. The molecule has 1 aliphatic heterocycles. The van der Waals surface area contributed by atoms with E-state index in [-0.39, 0.29) is 41.7 Å². The lowest BCUT2D eigenvalue weighted by molar-refractivity contribution is -0.121. The van der Waals surface area contributed by atoms with Crippen LogP contribution in [-0.2, 0) is 23.4 Å². The molecule has 0 bridgehead atoms. The molecule has 2 heterocycles. The monoisotopic (exact) mass is 778 g/mol. The van der Waals surface area contributed by atoms with Gasteiger partial charge in [-0.25, -0.2) is 4.67 Å². The van der Waals surface area contributed by atoms with Gasteiger partial charge in [0.1, 0.15) is 6.23 Å². The number of unbranched alkanes of at least 4 members (excludes halogenated alkanes) is 7. The molecule has 2 rings (SSSR count). The average molecular weight is 778 g/mol. The lowest BCUT2D eigenvalue weighted by Crippen LogP contribution is -2.35. The molecule has 13 nitrogen and oxygen atoms in total. The molecule has 1 aromatic heterocycles. The van der Waals surface area contributed by atoms with E-state index in [1.54, 1.807) is 10.6 Å². The third-order valence-electron chi connectivity index (χ3n) is 9.54. The van der Waals surface area contributed by atoms with Crippen LogP contribution in [0, 0.1) is 18.3 Å². The second-order valence-electron chi connectivity index (χ2n) is 14.8. The molecular formula is C40H72N7O6P. The summed E-state index contributed by atoms with van der Waals surface area (Å²) in [6.07, 6.45) is 13.5. The summed E-state index contributed by atoms with van der Waals surface area (Å²) in [6, 6.07) is 4.21. The Morgan fingerprint density at radius 1 is 0.944 bits per heavy atom. The molecule has 1 saturated heterocycles. The van der Waals surface area contributed by atoms with Gasteiger partial charge in [0.05, 0.1) is 31.3 Å². The third-order valence-corrected chi connectivity index (χ3v) is 11.7. The van der Waals surface area contributed by atoms with E-state index in [9.17, 15) is 14.4 Å². The lowest BCUT2D eigenvalue weighted by atomic mass is 10.1. The maximum absolute atomic E-state index is 13.3. The van der Waals surface area contributed by atoms with Crippen molar-refractivity contribution in [3.8, 4) is 6.07 Å². The van der Waals surface area contributed by atoms with Crippen LogP contribution in [0.25, 0.3) is 0 Å². The Hall–Kier alpha value is -2.59. The number of ether oxygens (including phenoxy) is 1. The first kappa shape index (κ1) is 47.6.